The molecule has 0 bridgehead atoms. The standard InChI is InChI=1S/C15H16N2OS/c1-17(11-14-5-8-19-12-14)6-7-18-15-4-2-3-13(9-15)10-16/h2-5,8-9,12H,6-7,11H2,1H3. The van der Waals surface area contributed by atoms with Crippen LogP contribution in [-0.2, 0) is 6.54 Å². The van der Waals surface area contributed by atoms with E-state index < -0.39 is 0 Å². The fourth-order valence-corrected chi connectivity index (χ4v) is 2.41. The van der Waals surface area contributed by atoms with E-state index in [9.17, 15) is 0 Å². The van der Waals surface area contributed by atoms with Gasteiger partial charge in [0.15, 0.2) is 0 Å². The van der Waals surface area contributed by atoms with Crippen LogP contribution < -0.4 is 4.74 Å². The van der Waals surface area contributed by atoms with Crippen LogP contribution >= 0.6 is 11.3 Å². The molecule has 3 nitrogen and oxygen atoms in total. The van der Waals surface area contributed by atoms with Crippen LogP contribution in [0.1, 0.15) is 11.1 Å². The third-order valence-corrected chi connectivity index (χ3v) is 3.47. The average Bonchev–Trinajstić information content (AvgIpc) is 2.92. The number of nitriles is 1. The number of nitrogens with zero attached hydrogens (tertiary/aromatic N) is 2. The maximum atomic E-state index is 8.81. The van der Waals surface area contributed by atoms with Gasteiger partial charge in [-0.2, -0.15) is 16.6 Å². The molecule has 0 aliphatic heterocycles. The van der Waals surface area contributed by atoms with Crippen molar-refractivity contribution in [2.75, 3.05) is 20.2 Å². The highest BCUT2D eigenvalue weighted by molar-refractivity contribution is 7.07. The molecule has 0 unspecified atom stereocenters. The second-order valence-corrected chi connectivity index (χ2v) is 5.14. The number of thiophene rings is 1. The highest BCUT2D eigenvalue weighted by Gasteiger charge is 2.01. The van der Waals surface area contributed by atoms with Crippen molar-refractivity contribution in [3.63, 3.8) is 0 Å². The maximum Gasteiger partial charge on any atom is 0.120 e. The minimum atomic E-state index is 0.621. The Hall–Kier alpha value is -1.83. The predicted molar refractivity (Wildman–Crippen MR) is 77.3 cm³/mol. The van der Waals surface area contributed by atoms with Crippen molar-refractivity contribution in [3.8, 4) is 11.8 Å². The van der Waals surface area contributed by atoms with Crippen LogP contribution in [0.15, 0.2) is 41.1 Å². The van der Waals surface area contributed by atoms with Crippen LogP contribution in [0.3, 0.4) is 0 Å². The fraction of sp³-hybridized carbons (Fsp3) is 0.267. The van der Waals surface area contributed by atoms with Gasteiger partial charge in [-0.05, 0) is 47.6 Å². The molecule has 1 aromatic heterocycles. The normalized spacial score (nSPS) is 10.4. The molecule has 0 aliphatic carbocycles. The molecule has 0 saturated carbocycles. The Balaban J connectivity index is 1.75. The third kappa shape index (κ3) is 4.40. The molecule has 2 rings (SSSR count). The number of ether oxygens (including phenoxy) is 1. The first-order valence-electron chi connectivity index (χ1n) is 6.10. The largest absolute Gasteiger partial charge is 0.492 e. The van der Waals surface area contributed by atoms with Gasteiger partial charge in [0, 0.05) is 13.1 Å². The lowest BCUT2D eigenvalue weighted by atomic mass is 10.2. The van der Waals surface area contributed by atoms with Crippen molar-refractivity contribution < 1.29 is 4.74 Å². The Kier molecular flexibility index (Phi) is 4.96. The van der Waals surface area contributed by atoms with E-state index in [0.717, 1.165) is 18.8 Å². The lowest BCUT2D eigenvalue weighted by Gasteiger charge is -2.16. The quantitative estimate of drug-likeness (QED) is 0.810. The molecular weight excluding hydrogens is 256 g/mol. The molecule has 1 heterocycles. The van der Waals surface area contributed by atoms with E-state index >= 15 is 0 Å². The van der Waals surface area contributed by atoms with E-state index in [1.54, 1.807) is 23.5 Å². The lowest BCUT2D eigenvalue weighted by molar-refractivity contribution is 0.233. The molecule has 0 radical (unpaired) electrons. The summed E-state index contributed by atoms with van der Waals surface area (Å²) in [4.78, 5) is 2.22. The molecule has 1 aromatic carbocycles. The summed E-state index contributed by atoms with van der Waals surface area (Å²) in [5, 5.41) is 13.1. The monoisotopic (exact) mass is 272 g/mol. The first-order chi connectivity index (χ1) is 9.28. The summed E-state index contributed by atoms with van der Waals surface area (Å²) >= 11 is 1.72. The van der Waals surface area contributed by atoms with Crippen molar-refractivity contribution >= 4 is 11.3 Å². The molecule has 0 atom stereocenters. The molecule has 0 saturated heterocycles. The summed E-state index contributed by atoms with van der Waals surface area (Å²) in [7, 11) is 2.08. The van der Waals surface area contributed by atoms with E-state index in [1.165, 1.54) is 5.56 Å². The SMILES string of the molecule is CN(CCOc1cccc(C#N)c1)Cc1ccsc1. The molecule has 0 N–H and O–H groups in total. The van der Waals surface area contributed by atoms with E-state index in [1.807, 2.05) is 12.1 Å². The lowest BCUT2D eigenvalue weighted by Crippen LogP contribution is -2.23. The Morgan fingerprint density at radius 1 is 1.37 bits per heavy atom. The van der Waals surface area contributed by atoms with Crippen molar-refractivity contribution in [1.82, 2.24) is 4.90 Å². The van der Waals surface area contributed by atoms with Gasteiger partial charge in [-0.1, -0.05) is 6.07 Å². The molecule has 4 heteroatoms. The van der Waals surface area contributed by atoms with Gasteiger partial charge in [0.05, 0.1) is 11.6 Å². The number of hydrogen-bond acceptors (Lipinski definition) is 4. The number of likely N-dealkylation sites (N-methyl/N-ethyl adjacent to an activating group) is 1. The molecular formula is C15H16N2OS. The Bertz CT molecular complexity index is 546. The van der Waals surface area contributed by atoms with Gasteiger partial charge in [0.2, 0.25) is 0 Å². The van der Waals surface area contributed by atoms with E-state index in [4.69, 9.17) is 10.00 Å². The summed E-state index contributed by atoms with van der Waals surface area (Å²) in [5.74, 6) is 0.753. The minimum Gasteiger partial charge on any atom is -0.492 e. The van der Waals surface area contributed by atoms with Crippen LogP contribution in [0, 0.1) is 11.3 Å². The van der Waals surface area contributed by atoms with Gasteiger partial charge in [0.1, 0.15) is 12.4 Å². The van der Waals surface area contributed by atoms with Gasteiger partial charge in [-0.3, -0.25) is 4.90 Å². The molecule has 0 fully saturated rings. The summed E-state index contributed by atoms with van der Waals surface area (Å²) in [6.45, 7) is 2.41. The second-order valence-electron chi connectivity index (χ2n) is 4.36. The third-order valence-electron chi connectivity index (χ3n) is 2.74. The van der Waals surface area contributed by atoms with Crippen LogP contribution in [0.2, 0.25) is 0 Å². The van der Waals surface area contributed by atoms with Crippen LogP contribution in [0.5, 0.6) is 5.75 Å². The first kappa shape index (κ1) is 13.6. The van der Waals surface area contributed by atoms with E-state index in [2.05, 4.69) is 34.8 Å². The van der Waals surface area contributed by atoms with Gasteiger partial charge >= 0.3 is 0 Å². The maximum absolute atomic E-state index is 8.81. The Labute approximate surface area is 117 Å². The van der Waals surface area contributed by atoms with Gasteiger partial charge in [-0.25, -0.2) is 0 Å². The van der Waals surface area contributed by atoms with Crippen LogP contribution in [0.25, 0.3) is 0 Å². The summed E-state index contributed by atoms with van der Waals surface area (Å²) < 4.78 is 5.65. The molecule has 98 valence electrons. The highest BCUT2D eigenvalue weighted by Crippen LogP contribution is 2.13. The van der Waals surface area contributed by atoms with Crippen molar-refractivity contribution in [2.45, 2.75) is 6.54 Å². The zero-order valence-corrected chi connectivity index (χ0v) is 11.7. The highest BCUT2D eigenvalue weighted by atomic mass is 32.1. The Morgan fingerprint density at radius 2 is 2.26 bits per heavy atom. The van der Waals surface area contributed by atoms with Gasteiger partial charge < -0.3 is 4.74 Å². The van der Waals surface area contributed by atoms with Gasteiger partial charge in [-0.15, -0.1) is 0 Å². The van der Waals surface area contributed by atoms with Crippen LogP contribution in [-0.4, -0.2) is 25.1 Å². The molecule has 19 heavy (non-hydrogen) atoms. The second kappa shape index (κ2) is 6.93. The molecule has 0 aliphatic rings. The average molecular weight is 272 g/mol. The van der Waals surface area contributed by atoms with Crippen LogP contribution in [0.4, 0.5) is 0 Å². The summed E-state index contributed by atoms with van der Waals surface area (Å²) in [6.07, 6.45) is 0. The molecule has 0 spiro atoms. The van der Waals surface area contributed by atoms with Crippen molar-refractivity contribution in [3.05, 3.63) is 52.2 Å². The van der Waals surface area contributed by atoms with Crippen molar-refractivity contribution in [1.29, 1.82) is 5.26 Å². The van der Waals surface area contributed by atoms with Crippen molar-refractivity contribution in [2.24, 2.45) is 0 Å². The molecule has 0 amide bonds. The number of hydrogen-bond donors (Lipinski definition) is 0. The Morgan fingerprint density at radius 3 is 3.00 bits per heavy atom. The number of rotatable bonds is 6. The predicted octanol–water partition coefficient (Wildman–Crippen LogP) is 3.13. The smallest absolute Gasteiger partial charge is 0.120 e. The zero-order valence-electron chi connectivity index (χ0n) is 10.9. The first-order valence-corrected chi connectivity index (χ1v) is 7.05. The fourth-order valence-electron chi connectivity index (χ4n) is 1.75. The minimum absolute atomic E-state index is 0.621. The topological polar surface area (TPSA) is 36.3 Å². The zero-order chi connectivity index (χ0) is 13.5. The number of benzene rings is 1. The van der Waals surface area contributed by atoms with E-state index in [0.29, 0.717) is 12.2 Å². The summed E-state index contributed by atoms with van der Waals surface area (Å²) in [6, 6.07) is 11.5. The van der Waals surface area contributed by atoms with E-state index in [-0.39, 0.29) is 0 Å². The molecule has 2 aromatic rings. The van der Waals surface area contributed by atoms with Gasteiger partial charge in [0.25, 0.3) is 0 Å². The summed E-state index contributed by atoms with van der Waals surface area (Å²) in [5.41, 5.74) is 1.96.